The van der Waals surface area contributed by atoms with Gasteiger partial charge in [-0.2, -0.15) is 0 Å². The number of anilines is 1. The highest BCUT2D eigenvalue weighted by Crippen LogP contribution is 2.36. The molecule has 0 aliphatic rings. The number of carbonyl (C=O) groups excluding carboxylic acids is 2. The van der Waals surface area contributed by atoms with Gasteiger partial charge in [-0.1, -0.05) is 40.0 Å². The SMILES string of the molecule is Cc1cc(NC(=O)C(C)SCC(=O)Oc2c(Cl)cc(Cl)cc2Cl)no1. The number of rotatable bonds is 6. The molecule has 2 rings (SSSR count). The summed E-state index contributed by atoms with van der Waals surface area (Å²) in [5.41, 5.74) is 0. The van der Waals surface area contributed by atoms with Crippen molar-refractivity contribution in [1.82, 2.24) is 5.16 Å². The molecule has 2 aromatic rings. The molecule has 0 fully saturated rings. The molecule has 0 aliphatic heterocycles. The second-order valence-electron chi connectivity index (χ2n) is 4.94. The van der Waals surface area contributed by atoms with Crippen LogP contribution in [0.5, 0.6) is 5.75 Å². The molecule has 134 valence electrons. The highest BCUT2D eigenvalue weighted by atomic mass is 35.5. The molecule has 0 spiro atoms. The largest absolute Gasteiger partial charge is 0.423 e. The van der Waals surface area contributed by atoms with E-state index < -0.39 is 11.2 Å². The molecular weight excluding hydrogens is 411 g/mol. The number of esters is 1. The van der Waals surface area contributed by atoms with Gasteiger partial charge in [0.05, 0.1) is 21.0 Å². The molecule has 1 unspecified atom stereocenters. The molecule has 1 aromatic carbocycles. The number of halogens is 3. The van der Waals surface area contributed by atoms with Crippen molar-refractivity contribution in [3.63, 3.8) is 0 Å². The van der Waals surface area contributed by atoms with Crippen LogP contribution in [0.3, 0.4) is 0 Å². The number of hydrogen-bond donors (Lipinski definition) is 1. The molecule has 25 heavy (non-hydrogen) atoms. The number of carbonyl (C=O) groups is 2. The smallest absolute Gasteiger partial charge is 0.321 e. The summed E-state index contributed by atoms with van der Waals surface area (Å²) < 4.78 is 10.0. The van der Waals surface area contributed by atoms with Gasteiger partial charge in [-0.25, -0.2) is 0 Å². The Morgan fingerprint density at radius 1 is 1.28 bits per heavy atom. The molecule has 6 nitrogen and oxygen atoms in total. The third-order valence-electron chi connectivity index (χ3n) is 2.88. The van der Waals surface area contributed by atoms with Crippen LogP contribution >= 0.6 is 46.6 Å². The molecule has 0 saturated heterocycles. The van der Waals surface area contributed by atoms with E-state index in [-0.39, 0.29) is 27.5 Å². The first-order valence-electron chi connectivity index (χ1n) is 6.97. The van der Waals surface area contributed by atoms with Crippen LogP contribution in [0.25, 0.3) is 0 Å². The van der Waals surface area contributed by atoms with Gasteiger partial charge >= 0.3 is 5.97 Å². The van der Waals surface area contributed by atoms with Gasteiger partial charge in [-0.15, -0.1) is 11.8 Å². The Morgan fingerprint density at radius 2 is 1.92 bits per heavy atom. The van der Waals surface area contributed by atoms with E-state index in [1.807, 2.05) is 0 Å². The molecule has 1 aromatic heterocycles. The number of ether oxygens (including phenoxy) is 1. The fraction of sp³-hybridized carbons (Fsp3) is 0.267. The van der Waals surface area contributed by atoms with Gasteiger partial charge in [0.2, 0.25) is 5.91 Å². The zero-order valence-corrected chi connectivity index (χ0v) is 16.2. The quantitative estimate of drug-likeness (QED) is 0.540. The first-order chi connectivity index (χ1) is 11.8. The van der Waals surface area contributed by atoms with Gasteiger partial charge < -0.3 is 14.6 Å². The first-order valence-corrected chi connectivity index (χ1v) is 9.15. The highest BCUT2D eigenvalue weighted by molar-refractivity contribution is 8.01. The number of thioether (sulfide) groups is 1. The average molecular weight is 424 g/mol. The van der Waals surface area contributed by atoms with E-state index >= 15 is 0 Å². The maximum absolute atomic E-state index is 12.0. The van der Waals surface area contributed by atoms with Crippen molar-refractivity contribution in [3.8, 4) is 5.75 Å². The van der Waals surface area contributed by atoms with Crippen LogP contribution < -0.4 is 10.1 Å². The lowest BCUT2D eigenvalue weighted by Crippen LogP contribution is -2.24. The molecule has 0 bridgehead atoms. The summed E-state index contributed by atoms with van der Waals surface area (Å²) in [6.07, 6.45) is 0. The van der Waals surface area contributed by atoms with E-state index in [1.54, 1.807) is 19.9 Å². The maximum atomic E-state index is 12.0. The van der Waals surface area contributed by atoms with Crippen molar-refractivity contribution in [3.05, 3.63) is 39.0 Å². The molecule has 0 radical (unpaired) electrons. The van der Waals surface area contributed by atoms with Crippen LogP contribution in [0.4, 0.5) is 5.82 Å². The molecule has 10 heteroatoms. The minimum Gasteiger partial charge on any atom is -0.423 e. The first kappa shape index (κ1) is 19.9. The van der Waals surface area contributed by atoms with Crippen molar-refractivity contribution in [2.45, 2.75) is 19.1 Å². The highest BCUT2D eigenvalue weighted by Gasteiger charge is 2.19. The van der Waals surface area contributed by atoms with Gasteiger partial charge in [-0.3, -0.25) is 9.59 Å². The summed E-state index contributed by atoms with van der Waals surface area (Å²) in [5.74, 6) is -0.0368. The van der Waals surface area contributed by atoms with E-state index in [2.05, 4.69) is 10.5 Å². The van der Waals surface area contributed by atoms with E-state index in [4.69, 9.17) is 44.1 Å². The third kappa shape index (κ3) is 5.81. The number of benzene rings is 1. The van der Waals surface area contributed by atoms with Crippen LogP contribution in [0.1, 0.15) is 12.7 Å². The van der Waals surface area contributed by atoms with Crippen molar-refractivity contribution < 1.29 is 18.8 Å². The number of nitrogens with one attached hydrogen (secondary N) is 1. The van der Waals surface area contributed by atoms with E-state index in [1.165, 1.54) is 12.1 Å². The number of amides is 1. The Kier molecular flexibility index (Phi) is 7.01. The number of hydrogen-bond acceptors (Lipinski definition) is 6. The fourth-order valence-electron chi connectivity index (χ4n) is 1.69. The number of aromatic nitrogens is 1. The van der Waals surface area contributed by atoms with Crippen molar-refractivity contribution >= 4 is 64.3 Å². The molecule has 1 atom stereocenters. The van der Waals surface area contributed by atoms with Gasteiger partial charge in [0, 0.05) is 11.1 Å². The minimum atomic E-state index is -0.590. The second kappa shape index (κ2) is 8.80. The lowest BCUT2D eigenvalue weighted by molar-refractivity contribution is -0.131. The minimum absolute atomic E-state index is 0.0357. The van der Waals surface area contributed by atoms with E-state index in [0.29, 0.717) is 16.6 Å². The van der Waals surface area contributed by atoms with Gasteiger partial charge in [-0.05, 0) is 26.0 Å². The van der Waals surface area contributed by atoms with E-state index in [9.17, 15) is 9.59 Å². The van der Waals surface area contributed by atoms with Crippen LogP contribution in [0.2, 0.25) is 15.1 Å². The van der Waals surface area contributed by atoms with Crippen LogP contribution in [-0.2, 0) is 9.59 Å². The van der Waals surface area contributed by atoms with Crippen molar-refractivity contribution in [2.24, 2.45) is 0 Å². The summed E-state index contributed by atoms with van der Waals surface area (Å²) in [6.45, 7) is 3.37. The topological polar surface area (TPSA) is 81.4 Å². The van der Waals surface area contributed by atoms with Crippen LogP contribution in [0.15, 0.2) is 22.7 Å². The number of aryl methyl sites for hydroxylation is 1. The molecule has 0 aliphatic carbocycles. The van der Waals surface area contributed by atoms with Gasteiger partial charge in [0.15, 0.2) is 11.6 Å². The second-order valence-corrected chi connectivity index (χ2v) is 7.52. The Labute approximate surface area is 163 Å². The zero-order valence-electron chi connectivity index (χ0n) is 13.1. The predicted octanol–water partition coefficient (Wildman–Crippen LogP) is 4.61. The molecule has 1 amide bonds. The lowest BCUT2D eigenvalue weighted by Gasteiger charge is -2.11. The maximum Gasteiger partial charge on any atom is 0.321 e. The summed E-state index contributed by atoms with van der Waals surface area (Å²) in [4.78, 5) is 24.0. The predicted molar refractivity (Wildman–Crippen MR) is 98.9 cm³/mol. The molecule has 0 saturated carbocycles. The van der Waals surface area contributed by atoms with Crippen molar-refractivity contribution in [1.29, 1.82) is 0 Å². The zero-order chi connectivity index (χ0) is 18.6. The summed E-state index contributed by atoms with van der Waals surface area (Å²) in [5, 5.41) is 6.33. The van der Waals surface area contributed by atoms with E-state index in [0.717, 1.165) is 11.8 Å². The standard InChI is InChI=1S/C15H13Cl3N2O4S/c1-7-3-12(20-24-7)19-15(22)8(2)25-6-13(21)23-14-10(17)4-9(16)5-11(14)18/h3-5,8H,6H2,1-2H3,(H,19,20,22). The average Bonchev–Trinajstić information content (AvgIpc) is 2.93. The van der Waals surface area contributed by atoms with Gasteiger partial charge in [0.25, 0.3) is 0 Å². The Balaban J connectivity index is 1.86. The summed E-state index contributed by atoms with van der Waals surface area (Å²) in [6, 6.07) is 4.43. The Hall–Kier alpha value is -1.41. The van der Waals surface area contributed by atoms with Crippen LogP contribution in [-0.4, -0.2) is 28.0 Å². The Bertz CT molecular complexity index is 774. The van der Waals surface area contributed by atoms with Gasteiger partial charge in [0.1, 0.15) is 5.76 Å². The fourth-order valence-corrected chi connectivity index (χ4v) is 3.24. The molecular formula is C15H13Cl3N2O4S. The summed E-state index contributed by atoms with van der Waals surface area (Å²) in [7, 11) is 0. The van der Waals surface area contributed by atoms with Crippen molar-refractivity contribution in [2.75, 3.05) is 11.1 Å². The molecule has 1 N–H and O–H groups in total. The Morgan fingerprint density at radius 3 is 2.48 bits per heavy atom. The monoisotopic (exact) mass is 422 g/mol. The normalized spacial score (nSPS) is 11.9. The van der Waals surface area contributed by atoms with Crippen LogP contribution in [0, 0.1) is 6.92 Å². The molecule has 1 heterocycles. The lowest BCUT2D eigenvalue weighted by atomic mass is 10.3. The third-order valence-corrected chi connectivity index (χ3v) is 4.77. The number of nitrogens with zero attached hydrogens (tertiary/aromatic N) is 1. The summed E-state index contributed by atoms with van der Waals surface area (Å²) >= 11 is 18.8.